The fourth-order valence-electron chi connectivity index (χ4n) is 8.37. The van der Waals surface area contributed by atoms with Gasteiger partial charge in [0.1, 0.15) is 0 Å². The van der Waals surface area contributed by atoms with E-state index in [1.165, 1.54) is 19.9 Å². The third kappa shape index (κ3) is 3.95. The van der Waals surface area contributed by atoms with Crippen molar-refractivity contribution in [3.63, 3.8) is 0 Å². The van der Waals surface area contributed by atoms with E-state index in [0.717, 1.165) is 0 Å². The average Bonchev–Trinajstić information content (AvgIpc) is 2.99. The monoisotopic (exact) mass is 496 g/mol. The van der Waals surface area contributed by atoms with E-state index in [-0.39, 0.29) is 43.3 Å². The minimum atomic E-state index is -1.35. The standard InChI is InChI=1S/C27H44O8/c1-13(17(28)10-22(33)24(2,3)34)14-6-7-27(35)16-9-18(29)15-8-19(30)20(31)11-25(15,4)23(16)21(32)12-26(14,27)5/h9,13-15,17,19-23,28,30-35H,6-8,10-12H2,1-5H3/t13-,14+,15-,17-,19+,20-,21-,22+,23?,25-,26+,27+/m0/s1. The van der Waals surface area contributed by atoms with Gasteiger partial charge in [0, 0.05) is 23.7 Å². The Morgan fingerprint density at radius 1 is 1.09 bits per heavy atom. The quantitative estimate of drug-likeness (QED) is 0.293. The van der Waals surface area contributed by atoms with E-state index in [4.69, 9.17) is 0 Å². The van der Waals surface area contributed by atoms with Gasteiger partial charge in [-0.25, -0.2) is 0 Å². The summed E-state index contributed by atoms with van der Waals surface area (Å²) in [5, 5.41) is 75.8. The molecule has 0 aromatic heterocycles. The lowest BCUT2D eigenvalue weighted by Crippen LogP contribution is -2.64. The second-order valence-electron chi connectivity index (χ2n) is 13.1. The number of aliphatic hydroxyl groups excluding tert-OH is 5. The fraction of sp³-hybridized carbons (Fsp3) is 0.889. The van der Waals surface area contributed by atoms with Crippen LogP contribution in [0.3, 0.4) is 0 Å². The van der Waals surface area contributed by atoms with Gasteiger partial charge in [-0.3, -0.25) is 4.79 Å². The van der Waals surface area contributed by atoms with E-state index >= 15 is 0 Å². The molecule has 0 aromatic rings. The highest BCUT2D eigenvalue weighted by molar-refractivity contribution is 5.95. The van der Waals surface area contributed by atoms with Gasteiger partial charge in [-0.15, -0.1) is 0 Å². The number of carbonyl (C=O) groups is 1. The van der Waals surface area contributed by atoms with Gasteiger partial charge in [0.15, 0.2) is 5.78 Å². The molecule has 0 radical (unpaired) electrons. The minimum absolute atomic E-state index is 0.0119. The van der Waals surface area contributed by atoms with Gasteiger partial charge in [0.2, 0.25) is 0 Å². The van der Waals surface area contributed by atoms with Crippen LogP contribution in [-0.4, -0.2) is 83.3 Å². The van der Waals surface area contributed by atoms with Crippen LogP contribution in [0.15, 0.2) is 11.6 Å². The Hall–Kier alpha value is -0.870. The highest BCUT2D eigenvalue weighted by atomic mass is 16.3. The van der Waals surface area contributed by atoms with E-state index in [1.807, 2.05) is 20.8 Å². The van der Waals surface area contributed by atoms with Crippen LogP contribution >= 0.6 is 0 Å². The van der Waals surface area contributed by atoms with E-state index in [0.29, 0.717) is 18.4 Å². The lowest BCUT2D eigenvalue weighted by Gasteiger charge is -2.61. The summed E-state index contributed by atoms with van der Waals surface area (Å²) in [5.41, 5.74) is -3.78. The van der Waals surface area contributed by atoms with E-state index in [1.54, 1.807) is 0 Å². The number of carbonyl (C=O) groups excluding carboxylic acids is 1. The zero-order valence-electron chi connectivity index (χ0n) is 21.6. The van der Waals surface area contributed by atoms with Crippen molar-refractivity contribution in [1.82, 2.24) is 0 Å². The average molecular weight is 497 g/mol. The molecule has 8 heteroatoms. The summed E-state index contributed by atoms with van der Waals surface area (Å²) >= 11 is 0. The largest absolute Gasteiger partial charge is 0.393 e. The van der Waals surface area contributed by atoms with Gasteiger partial charge in [0.05, 0.1) is 41.7 Å². The van der Waals surface area contributed by atoms with E-state index < -0.39 is 64.4 Å². The van der Waals surface area contributed by atoms with Crippen molar-refractivity contribution >= 4 is 5.78 Å². The van der Waals surface area contributed by atoms with Gasteiger partial charge >= 0.3 is 0 Å². The van der Waals surface area contributed by atoms with Crippen LogP contribution in [0.25, 0.3) is 0 Å². The highest BCUT2D eigenvalue weighted by Gasteiger charge is 2.69. The maximum Gasteiger partial charge on any atom is 0.159 e. The van der Waals surface area contributed by atoms with Crippen LogP contribution in [0.1, 0.15) is 73.1 Å². The molecule has 3 saturated carbocycles. The molecular formula is C27H44O8. The molecule has 4 aliphatic rings. The van der Waals surface area contributed by atoms with E-state index in [2.05, 4.69) is 0 Å². The fourth-order valence-corrected chi connectivity index (χ4v) is 8.37. The second kappa shape index (κ2) is 8.58. The molecule has 4 aliphatic carbocycles. The van der Waals surface area contributed by atoms with Crippen molar-refractivity contribution < 1.29 is 40.5 Å². The van der Waals surface area contributed by atoms with Gasteiger partial charge in [0.25, 0.3) is 0 Å². The molecule has 0 heterocycles. The molecule has 8 nitrogen and oxygen atoms in total. The summed E-state index contributed by atoms with van der Waals surface area (Å²) in [6.07, 6.45) is -1.86. The zero-order valence-corrected chi connectivity index (χ0v) is 21.6. The summed E-state index contributed by atoms with van der Waals surface area (Å²) < 4.78 is 0. The Kier molecular flexibility index (Phi) is 6.66. The molecule has 0 aliphatic heterocycles. The number of rotatable bonds is 5. The molecule has 7 N–H and O–H groups in total. The summed E-state index contributed by atoms with van der Waals surface area (Å²) in [6.45, 7) is 8.65. The van der Waals surface area contributed by atoms with Crippen molar-refractivity contribution in [2.24, 2.45) is 34.5 Å². The number of aliphatic hydroxyl groups is 7. The Labute approximate surface area is 207 Å². The molecule has 200 valence electrons. The predicted octanol–water partition coefficient (Wildman–Crippen LogP) is 0.681. The Balaban J connectivity index is 1.67. The highest BCUT2D eigenvalue weighted by Crippen LogP contribution is 2.68. The summed E-state index contributed by atoms with van der Waals surface area (Å²) in [6, 6.07) is 0. The summed E-state index contributed by atoms with van der Waals surface area (Å²) in [4.78, 5) is 13.3. The lowest BCUT2D eigenvalue weighted by molar-refractivity contribution is -0.177. The van der Waals surface area contributed by atoms with Gasteiger partial charge < -0.3 is 35.7 Å². The van der Waals surface area contributed by atoms with Crippen LogP contribution in [0.5, 0.6) is 0 Å². The second-order valence-corrected chi connectivity index (χ2v) is 13.1. The summed E-state index contributed by atoms with van der Waals surface area (Å²) in [7, 11) is 0. The Morgan fingerprint density at radius 3 is 2.31 bits per heavy atom. The number of ketones is 1. The molecule has 0 amide bonds. The number of fused-ring (bicyclic) bond motifs is 5. The molecular weight excluding hydrogens is 452 g/mol. The first-order chi connectivity index (χ1) is 16.0. The first-order valence-electron chi connectivity index (χ1n) is 13.1. The number of hydrogen-bond donors (Lipinski definition) is 7. The summed E-state index contributed by atoms with van der Waals surface area (Å²) in [5.74, 6) is -1.74. The van der Waals surface area contributed by atoms with E-state index in [9.17, 15) is 40.5 Å². The molecule has 1 unspecified atom stereocenters. The first kappa shape index (κ1) is 27.2. The van der Waals surface area contributed by atoms with Crippen molar-refractivity contribution in [1.29, 1.82) is 0 Å². The maximum atomic E-state index is 13.3. The smallest absolute Gasteiger partial charge is 0.159 e. The predicted molar refractivity (Wildman–Crippen MR) is 128 cm³/mol. The molecule has 0 spiro atoms. The zero-order chi connectivity index (χ0) is 26.3. The molecule has 4 rings (SSSR count). The van der Waals surface area contributed by atoms with Crippen molar-refractivity contribution in [3.8, 4) is 0 Å². The lowest BCUT2D eigenvalue weighted by atomic mass is 9.45. The van der Waals surface area contributed by atoms with Crippen LogP contribution in [0, 0.1) is 34.5 Å². The third-order valence-electron chi connectivity index (χ3n) is 10.7. The molecule has 12 atom stereocenters. The van der Waals surface area contributed by atoms with Gasteiger partial charge in [-0.05, 0) is 74.9 Å². The van der Waals surface area contributed by atoms with Crippen molar-refractivity contribution in [2.45, 2.75) is 115 Å². The Bertz CT molecular complexity index is 881. The molecule has 0 aromatic carbocycles. The molecule has 35 heavy (non-hydrogen) atoms. The van der Waals surface area contributed by atoms with Crippen molar-refractivity contribution in [2.75, 3.05) is 0 Å². The first-order valence-corrected chi connectivity index (χ1v) is 13.1. The minimum Gasteiger partial charge on any atom is -0.393 e. The number of hydrogen-bond acceptors (Lipinski definition) is 8. The Morgan fingerprint density at radius 2 is 1.71 bits per heavy atom. The van der Waals surface area contributed by atoms with Crippen molar-refractivity contribution in [3.05, 3.63) is 11.6 Å². The van der Waals surface area contributed by atoms with Crippen LogP contribution < -0.4 is 0 Å². The van der Waals surface area contributed by atoms with Gasteiger partial charge in [-0.1, -0.05) is 20.8 Å². The van der Waals surface area contributed by atoms with Gasteiger partial charge in [-0.2, -0.15) is 0 Å². The van der Waals surface area contributed by atoms with Crippen LogP contribution in [0.2, 0.25) is 0 Å². The maximum absolute atomic E-state index is 13.3. The molecule has 0 saturated heterocycles. The molecule has 0 bridgehead atoms. The van der Waals surface area contributed by atoms with Crippen LogP contribution in [0.4, 0.5) is 0 Å². The third-order valence-corrected chi connectivity index (χ3v) is 10.7. The normalized spacial score (nSPS) is 48.3. The van der Waals surface area contributed by atoms with Crippen LogP contribution in [-0.2, 0) is 4.79 Å². The molecule has 3 fully saturated rings. The number of allylic oxidation sites excluding steroid dienone is 1. The topological polar surface area (TPSA) is 159 Å². The SMILES string of the molecule is C[C@@H]([C@H]1CC[C@@]2(O)C3=CC(=O)[C@@H]4C[C@@H](O)[C@@H](O)C[C@]4(C)C3[C@@H](O)C[C@]12C)[C@@H](O)C[C@@H](O)C(C)(C)O.